The highest BCUT2D eigenvalue weighted by atomic mass is 127. The molecule has 0 aliphatic heterocycles. The maximum atomic E-state index is 5.25. The lowest BCUT2D eigenvalue weighted by Crippen LogP contribution is -3.00. The van der Waals surface area contributed by atoms with Gasteiger partial charge in [-0.25, -0.2) is 0 Å². The predicted octanol–water partition coefficient (Wildman–Crippen LogP) is 3.16. The second-order valence-corrected chi connectivity index (χ2v) is 7.68. The van der Waals surface area contributed by atoms with Crippen molar-refractivity contribution in [3.05, 3.63) is 54.6 Å². The molecule has 0 amide bonds. The SMILES string of the molecule is COc1ccc(-c2s[s+]c(SC)c2-c2ccccc2)cc1.[I-]. The van der Waals surface area contributed by atoms with Gasteiger partial charge in [0, 0.05) is 0 Å². The summed E-state index contributed by atoms with van der Waals surface area (Å²) in [5.41, 5.74) is 3.88. The molecule has 114 valence electrons. The number of rotatable bonds is 4. The van der Waals surface area contributed by atoms with Crippen LogP contribution < -0.4 is 28.7 Å². The minimum atomic E-state index is 0. The molecule has 1 nitrogen and oxygen atoms in total. The molecule has 0 saturated heterocycles. The first-order valence-corrected chi connectivity index (χ1v) is 9.91. The second kappa shape index (κ2) is 8.29. The summed E-state index contributed by atoms with van der Waals surface area (Å²) in [6.07, 6.45) is 2.14. The number of methoxy groups -OCH3 is 1. The molecule has 0 saturated carbocycles. The number of benzene rings is 2. The largest absolute Gasteiger partial charge is 1.00 e. The van der Waals surface area contributed by atoms with Gasteiger partial charge in [-0.05, 0) is 41.6 Å². The van der Waals surface area contributed by atoms with E-state index in [1.165, 1.54) is 25.8 Å². The zero-order valence-corrected chi connectivity index (χ0v) is 16.8. The van der Waals surface area contributed by atoms with Gasteiger partial charge in [-0.3, -0.25) is 0 Å². The summed E-state index contributed by atoms with van der Waals surface area (Å²) in [4.78, 5) is 1.33. The highest BCUT2D eigenvalue weighted by Gasteiger charge is 2.25. The number of hydrogen-bond donors (Lipinski definition) is 0. The summed E-state index contributed by atoms with van der Waals surface area (Å²) in [7, 11) is 5.39. The standard InChI is InChI=1S/C17H15OS3.HI/c1-18-14-10-8-13(9-11-14)16-15(17(19-2)21-20-16)12-6-4-3-5-7-12;/h3-11H,1-2H3;1H/q+1;/p-1. The average molecular weight is 458 g/mol. The third-order valence-electron chi connectivity index (χ3n) is 3.23. The molecule has 2 aromatic carbocycles. The quantitative estimate of drug-likeness (QED) is 0.257. The maximum absolute atomic E-state index is 5.25. The van der Waals surface area contributed by atoms with E-state index in [-0.39, 0.29) is 24.0 Å². The molecule has 0 fully saturated rings. The van der Waals surface area contributed by atoms with Crippen LogP contribution in [0.5, 0.6) is 5.75 Å². The Bertz CT molecular complexity index is 723. The van der Waals surface area contributed by atoms with Crippen molar-refractivity contribution in [2.45, 2.75) is 4.21 Å². The van der Waals surface area contributed by atoms with Crippen molar-refractivity contribution in [1.82, 2.24) is 0 Å². The van der Waals surface area contributed by atoms with Crippen molar-refractivity contribution in [2.75, 3.05) is 13.4 Å². The van der Waals surface area contributed by atoms with Crippen LogP contribution in [0.15, 0.2) is 58.8 Å². The molecule has 0 aliphatic carbocycles. The van der Waals surface area contributed by atoms with Gasteiger partial charge in [0.05, 0.1) is 12.7 Å². The summed E-state index contributed by atoms with van der Waals surface area (Å²) in [6, 6.07) is 18.9. The molecule has 5 heteroatoms. The van der Waals surface area contributed by atoms with Crippen LogP contribution in [-0.2, 0) is 0 Å². The van der Waals surface area contributed by atoms with Gasteiger partial charge >= 0.3 is 10.3 Å². The van der Waals surface area contributed by atoms with Gasteiger partial charge in [0.2, 0.25) is 0 Å². The summed E-state index contributed by atoms with van der Waals surface area (Å²) in [5, 5.41) is 0. The Hall–Kier alpha value is -0.630. The van der Waals surface area contributed by atoms with Crippen molar-refractivity contribution in [3.63, 3.8) is 0 Å². The Morgan fingerprint density at radius 3 is 2.23 bits per heavy atom. The van der Waals surface area contributed by atoms with E-state index in [9.17, 15) is 0 Å². The van der Waals surface area contributed by atoms with E-state index in [1.54, 1.807) is 7.11 Å². The molecule has 1 heterocycles. The van der Waals surface area contributed by atoms with Crippen molar-refractivity contribution >= 4 is 32.4 Å². The van der Waals surface area contributed by atoms with Crippen LogP contribution in [0.4, 0.5) is 0 Å². The molecule has 0 N–H and O–H groups in total. The molecular formula is C17H15IOS3. The number of halogens is 1. The lowest BCUT2D eigenvalue weighted by molar-refractivity contribution is -0.00000425. The Balaban J connectivity index is 0.00000176. The van der Waals surface area contributed by atoms with E-state index in [4.69, 9.17) is 4.74 Å². The van der Waals surface area contributed by atoms with Crippen molar-refractivity contribution in [2.24, 2.45) is 0 Å². The van der Waals surface area contributed by atoms with Crippen molar-refractivity contribution in [1.29, 1.82) is 0 Å². The second-order valence-electron chi connectivity index (χ2n) is 4.46. The van der Waals surface area contributed by atoms with Crippen LogP contribution in [0.3, 0.4) is 0 Å². The fourth-order valence-corrected chi connectivity index (χ4v) is 6.19. The third-order valence-corrected chi connectivity index (χ3v) is 7.17. The van der Waals surface area contributed by atoms with E-state index < -0.39 is 0 Å². The molecular weight excluding hydrogens is 443 g/mol. The van der Waals surface area contributed by atoms with Crippen LogP contribution in [0.2, 0.25) is 0 Å². The topological polar surface area (TPSA) is 9.23 Å². The van der Waals surface area contributed by atoms with Crippen LogP contribution in [-0.4, -0.2) is 13.4 Å². The molecule has 0 atom stereocenters. The summed E-state index contributed by atoms with van der Waals surface area (Å²) < 4.78 is 6.62. The van der Waals surface area contributed by atoms with Gasteiger partial charge in [0.15, 0.2) is 10.3 Å². The molecule has 3 aromatic rings. The molecule has 0 spiro atoms. The minimum absolute atomic E-state index is 0. The van der Waals surface area contributed by atoms with Crippen LogP contribution in [0, 0.1) is 0 Å². The normalized spacial score (nSPS) is 10.1. The summed E-state index contributed by atoms with van der Waals surface area (Å²) in [5.74, 6) is 0.894. The number of hydrogen-bond acceptors (Lipinski definition) is 3. The number of thioether (sulfide) groups is 1. The predicted molar refractivity (Wildman–Crippen MR) is 95.8 cm³/mol. The Labute approximate surface area is 159 Å². The Morgan fingerprint density at radius 1 is 0.955 bits per heavy atom. The fourth-order valence-electron chi connectivity index (χ4n) is 2.18. The summed E-state index contributed by atoms with van der Waals surface area (Å²) >= 11 is 1.82. The van der Waals surface area contributed by atoms with Crippen LogP contribution in [0.1, 0.15) is 0 Å². The van der Waals surface area contributed by atoms with Crippen molar-refractivity contribution in [3.8, 4) is 27.3 Å². The maximum Gasteiger partial charge on any atom is 0.308 e. The molecule has 0 unspecified atom stereocenters. The first-order valence-electron chi connectivity index (χ1n) is 6.53. The van der Waals surface area contributed by atoms with Gasteiger partial charge in [-0.1, -0.05) is 42.1 Å². The van der Waals surface area contributed by atoms with E-state index in [2.05, 4.69) is 48.7 Å². The molecule has 1 aromatic heterocycles. The van der Waals surface area contributed by atoms with Gasteiger partial charge < -0.3 is 28.7 Å². The zero-order valence-electron chi connectivity index (χ0n) is 12.2. The van der Waals surface area contributed by atoms with Gasteiger partial charge in [0.25, 0.3) is 4.21 Å². The summed E-state index contributed by atoms with van der Waals surface area (Å²) in [6.45, 7) is 0. The van der Waals surface area contributed by atoms with Crippen molar-refractivity contribution < 1.29 is 28.7 Å². The van der Waals surface area contributed by atoms with E-state index in [0.717, 1.165) is 5.75 Å². The van der Waals surface area contributed by atoms with Crippen LogP contribution >= 0.6 is 32.4 Å². The third kappa shape index (κ3) is 3.64. The Kier molecular flexibility index (Phi) is 6.67. The zero-order chi connectivity index (χ0) is 14.7. The first-order chi connectivity index (χ1) is 10.3. The fraction of sp³-hybridized carbons (Fsp3) is 0.118. The highest BCUT2D eigenvalue weighted by molar-refractivity contribution is 8.02. The van der Waals surface area contributed by atoms with Gasteiger partial charge in [0.1, 0.15) is 10.6 Å². The van der Waals surface area contributed by atoms with Gasteiger partial charge in [-0.15, -0.1) is 0 Å². The van der Waals surface area contributed by atoms with E-state index in [0.29, 0.717) is 0 Å². The smallest absolute Gasteiger partial charge is 0.308 e. The minimum Gasteiger partial charge on any atom is -1.00 e. The molecule has 22 heavy (non-hydrogen) atoms. The molecule has 3 rings (SSSR count). The molecule has 0 aliphatic rings. The molecule has 0 radical (unpaired) electrons. The lowest BCUT2D eigenvalue weighted by atomic mass is 10.0. The van der Waals surface area contributed by atoms with Crippen LogP contribution in [0.25, 0.3) is 21.6 Å². The highest BCUT2D eigenvalue weighted by Crippen LogP contribution is 2.47. The molecule has 0 bridgehead atoms. The van der Waals surface area contributed by atoms with Gasteiger partial charge in [-0.2, -0.15) is 0 Å². The Morgan fingerprint density at radius 2 is 1.64 bits per heavy atom. The number of ether oxygens (including phenoxy) is 1. The lowest BCUT2D eigenvalue weighted by Gasteiger charge is -2.04. The average Bonchev–Trinajstić information content (AvgIpc) is 2.99. The van der Waals surface area contributed by atoms with E-state index >= 15 is 0 Å². The first kappa shape index (κ1) is 17.7. The van der Waals surface area contributed by atoms with E-state index in [1.807, 2.05) is 44.6 Å². The monoisotopic (exact) mass is 458 g/mol.